The van der Waals surface area contributed by atoms with E-state index in [1.807, 2.05) is 19.1 Å². The molecule has 0 spiro atoms. The van der Waals surface area contributed by atoms with Crippen molar-refractivity contribution in [1.82, 2.24) is 15.0 Å². The third kappa shape index (κ3) is 5.77. The molecule has 1 aliphatic rings. The summed E-state index contributed by atoms with van der Waals surface area (Å²) in [7, 11) is -2.79. The molecular formula is C28H29ClFN5O3S. The molecule has 39 heavy (non-hydrogen) atoms. The van der Waals surface area contributed by atoms with E-state index in [2.05, 4.69) is 20.0 Å². The van der Waals surface area contributed by atoms with E-state index < -0.39 is 21.7 Å². The zero-order chi connectivity index (χ0) is 27.6. The highest BCUT2D eigenvalue weighted by Gasteiger charge is 2.23. The predicted octanol–water partition coefficient (Wildman–Crippen LogP) is 6.60. The maximum Gasteiger partial charge on any atom is 0.264 e. The van der Waals surface area contributed by atoms with Crippen LogP contribution in [0.25, 0.3) is 22.0 Å². The number of hydrogen-bond donors (Lipinski definition) is 2. The van der Waals surface area contributed by atoms with Crippen molar-refractivity contribution in [3.05, 3.63) is 65.1 Å². The smallest absolute Gasteiger partial charge is 0.264 e. The van der Waals surface area contributed by atoms with Crippen molar-refractivity contribution in [3.63, 3.8) is 0 Å². The lowest BCUT2D eigenvalue weighted by molar-refractivity contribution is 0.398. The number of aryl methyl sites for hydroxylation is 1. The Bertz CT molecular complexity index is 1630. The van der Waals surface area contributed by atoms with E-state index in [1.54, 1.807) is 12.3 Å². The minimum atomic E-state index is -4.19. The minimum Gasteiger partial charge on any atom is -0.480 e. The van der Waals surface area contributed by atoms with Crippen LogP contribution in [0.2, 0.25) is 5.02 Å². The summed E-state index contributed by atoms with van der Waals surface area (Å²) in [6, 6.07) is 11.3. The van der Waals surface area contributed by atoms with Crippen molar-refractivity contribution in [3.8, 4) is 17.0 Å². The highest BCUT2D eigenvalue weighted by Crippen LogP contribution is 2.36. The number of pyridine rings is 1. The molecule has 11 heteroatoms. The van der Waals surface area contributed by atoms with E-state index in [4.69, 9.17) is 21.3 Å². The fourth-order valence-corrected chi connectivity index (χ4v) is 6.42. The van der Waals surface area contributed by atoms with Gasteiger partial charge in [0.2, 0.25) is 11.8 Å². The molecular weight excluding hydrogens is 541 g/mol. The molecule has 0 amide bonds. The number of nitrogens with zero attached hydrogens (tertiary/aromatic N) is 3. The van der Waals surface area contributed by atoms with Gasteiger partial charge in [-0.05, 0) is 60.7 Å². The number of rotatable bonds is 8. The van der Waals surface area contributed by atoms with Crippen LogP contribution in [0.15, 0.2) is 53.6 Å². The molecule has 5 rings (SSSR count). The van der Waals surface area contributed by atoms with Gasteiger partial charge in [-0.2, -0.15) is 4.98 Å². The van der Waals surface area contributed by atoms with E-state index >= 15 is 4.39 Å². The lowest BCUT2D eigenvalue weighted by Gasteiger charge is -2.22. The molecule has 0 atom stereocenters. The third-order valence-electron chi connectivity index (χ3n) is 6.88. The molecule has 0 radical (unpaired) electrons. The molecule has 0 unspecified atom stereocenters. The Morgan fingerprint density at radius 3 is 2.59 bits per heavy atom. The first kappa shape index (κ1) is 27.1. The molecule has 1 saturated carbocycles. The van der Waals surface area contributed by atoms with Gasteiger partial charge in [0.15, 0.2) is 11.6 Å². The van der Waals surface area contributed by atoms with Crippen molar-refractivity contribution in [2.45, 2.75) is 56.4 Å². The number of sulfonamides is 1. The summed E-state index contributed by atoms with van der Waals surface area (Å²) in [5.41, 5.74) is 2.81. The van der Waals surface area contributed by atoms with Crippen LogP contribution in [0.4, 0.5) is 16.2 Å². The molecule has 8 nitrogen and oxygen atoms in total. The van der Waals surface area contributed by atoms with Gasteiger partial charge in [0, 0.05) is 23.2 Å². The topological polar surface area (TPSA) is 106 Å². The number of hydrogen-bond acceptors (Lipinski definition) is 7. The summed E-state index contributed by atoms with van der Waals surface area (Å²) in [5.74, 6) is -0.680. The molecule has 0 aliphatic heterocycles. The van der Waals surface area contributed by atoms with Crippen LogP contribution < -0.4 is 14.8 Å². The summed E-state index contributed by atoms with van der Waals surface area (Å²) in [5, 5.41) is 4.28. The van der Waals surface area contributed by atoms with Gasteiger partial charge in [0.25, 0.3) is 10.0 Å². The predicted molar refractivity (Wildman–Crippen MR) is 151 cm³/mol. The maximum atomic E-state index is 15.3. The second kappa shape index (κ2) is 11.3. The average Bonchev–Trinajstić information content (AvgIpc) is 2.94. The fraction of sp³-hybridized carbons (Fsp3) is 0.321. The number of ether oxygens (including phenoxy) is 1. The van der Waals surface area contributed by atoms with Crippen molar-refractivity contribution < 1.29 is 17.5 Å². The Hall–Kier alpha value is -3.50. The Morgan fingerprint density at radius 1 is 1.10 bits per heavy atom. The number of halogens is 2. The Morgan fingerprint density at radius 2 is 1.87 bits per heavy atom. The summed E-state index contributed by atoms with van der Waals surface area (Å²) >= 11 is 6.04. The first-order valence-electron chi connectivity index (χ1n) is 12.9. The average molecular weight is 570 g/mol. The van der Waals surface area contributed by atoms with Crippen molar-refractivity contribution in [2.24, 2.45) is 0 Å². The minimum absolute atomic E-state index is 0.0107. The van der Waals surface area contributed by atoms with E-state index in [9.17, 15) is 8.42 Å². The van der Waals surface area contributed by atoms with Crippen molar-refractivity contribution >= 4 is 44.3 Å². The van der Waals surface area contributed by atoms with Crippen LogP contribution in [0.1, 0.15) is 44.6 Å². The Labute approximate surface area is 232 Å². The maximum absolute atomic E-state index is 15.3. The summed E-state index contributed by atoms with van der Waals surface area (Å²) < 4.78 is 48.6. The number of aromatic nitrogens is 3. The Balaban J connectivity index is 1.49. The zero-order valence-electron chi connectivity index (χ0n) is 21.7. The number of benzene rings is 2. The van der Waals surface area contributed by atoms with Gasteiger partial charge in [-0.25, -0.2) is 22.8 Å². The highest BCUT2D eigenvalue weighted by atomic mass is 35.5. The molecule has 0 saturated heterocycles. The second-order valence-corrected chi connectivity index (χ2v) is 11.6. The number of nitrogens with one attached hydrogen (secondary N) is 2. The van der Waals surface area contributed by atoms with Crippen LogP contribution in [0, 0.1) is 5.82 Å². The van der Waals surface area contributed by atoms with Gasteiger partial charge in [0.1, 0.15) is 4.90 Å². The molecule has 2 heterocycles. The van der Waals surface area contributed by atoms with Crippen LogP contribution >= 0.6 is 11.6 Å². The van der Waals surface area contributed by atoms with Gasteiger partial charge < -0.3 is 10.1 Å². The first-order chi connectivity index (χ1) is 18.8. The van der Waals surface area contributed by atoms with Crippen molar-refractivity contribution in [2.75, 3.05) is 17.1 Å². The van der Waals surface area contributed by atoms with Crippen LogP contribution in [0.5, 0.6) is 5.88 Å². The first-order valence-corrected chi connectivity index (χ1v) is 14.7. The number of fused-ring (bicyclic) bond motifs is 1. The molecule has 0 bridgehead atoms. The van der Waals surface area contributed by atoms with Crippen LogP contribution in [-0.2, 0) is 16.4 Å². The van der Waals surface area contributed by atoms with E-state index in [0.717, 1.165) is 29.3 Å². The molecule has 2 aromatic heterocycles. The normalized spacial score (nSPS) is 14.4. The highest BCUT2D eigenvalue weighted by molar-refractivity contribution is 7.92. The van der Waals surface area contributed by atoms with Gasteiger partial charge in [-0.3, -0.25) is 4.72 Å². The zero-order valence-corrected chi connectivity index (χ0v) is 23.2. The largest absolute Gasteiger partial charge is 0.480 e. The lowest BCUT2D eigenvalue weighted by atomic mass is 9.96. The van der Waals surface area contributed by atoms with Crippen LogP contribution in [0.3, 0.4) is 0 Å². The van der Waals surface area contributed by atoms with Gasteiger partial charge >= 0.3 is 0 Å². The molecule has 2 N–H and O–H groups in total. The number of anilines is 2. The second-order valence-electron chi connectivity index (χ2n) is 9.51. The van der Waals surface area contributed by atoms with Crippen molar-refractivity contribution in [1.29, 1.82) is 0 Å². The van der Waals surface area contributed by atoms with Gasteiger partial charge in [-0.15, -0.1) is 0 Å². The molecule has 1 fully saturated rings. The molecule has 204 valence electrons. The van der Waals surface area contributed by atoms with Gasteiger partial charge in [0.05, 0.1) is 17.6 Å². The van der Waals surface area contributed by atoms with Crippen LogP contribution in [-0.4, -0.2) is 36.5 Å². The summed E-state index contributed by atoms with van der Waals surface area (Å²) in [6.07, 6.45) is 8.38. The monoisotopic (exact) mass is 569 g/mol. The summed E-state index contributed by atoms with van der Waals surface area (Å²) in [4.78, 5) is 13.3. The van der Waals surface area contributed by atoms with E-state index in [1.165, 1.54) is 50.6 Å². The standard InChI is InChI=1S/C28H29ClFN5O3S/c1-3-17-13-18(14-19-16-31-28(33-25(17)19)32-20-9-5-4-6-10-20)21-15-23(30)26(34-27(21)38-2)35-39(36,37)24-12-8-7-11-22(24)29/h7-8,11-16,20H,3-6,9-10H2,1-2H3,(H,34,35)(H,31,32,33). The fourth-order valence-electron chi connectivity index (χ4n) is 4.89. The van der Waals surface area contributed by atoms with E-state index in [0.29, 0.717) is 29.5 Å². The quantitative estimate of drug-likeness (QED) is 0.246. The Kier molecular flexibility index (Phi) is 7.86. The van der Waals surface area contributed by atoms with E-state index in [-0.39, 0.29) is 15.8 Å². The molecule has 2 aromatic carbocycles. The summed E-state index contributed by atoms with van der Waals surface area (Å²) in [6.45, 7) is 2.03. The molecule has 1 aliphatic carbocycles. The SMILES string of the molecule is CCc1cc(-c2cc(F)c(NS(=O)(=O)c3ccccc3Cl)nc2OC)cc2cnc(NC3CCCCC3)nc12. The third-order valence-corrected chi connectivity index (χ3v) is 8.72. The lowest BCUT2D eigenvalue weighted by Crippen LogP contribution is -2.23. The molecule has 4 aromatic rings. The van der Waals surface area contributed by atoms with Gasteiger partial charge in [-0.1, -0.05) is 49.9 Å². The number of methoxy groups -OCH3 is 1.